The van der Waals surface area contributed by atoms with Gasteiger partial charge >= 0.3 is 0 Å². The number of hydrogen-bond donors (Lipinski definition) is 1. The van der Waals surface area contributed by atoms with Gasteiger partial charge in [-0.05, 0) is 29.8 Å². The molecule has 2 aromatic carbocycles. The highest BCUT2D eigenvalue weighted by molar-refractivity contribution is 7.88. The molecule has 0 aliphatic carbocycles. The van der Waals surface area contributed by atoms with Gasteiger partial charge in [-0.1, -0.05) is 29.8 Å². The molecule has 0 atom stereocenters. The van der Waals surface area contributed by atoms with Crippen LogP contribution in [0.2, 0.25) is 5.02 Å². The summed E-state index contributed by atoms with van der Waals surface area (Å²) in [5, 5.41) is 0.385. The predicted octanol–water partition coefficient (Wildman–Crippen LogP) is 3.11. The lowest BCUT2D eigenvalue weighted by Crippen LogP contribution is -2.25. The molecule has 0 saturated carbocycles. The molecule has 7 heteroatoms. The van der Waals surface area contributed by atoms with E-state index in [-0.39, 0.29) is 12.3 Å². The molecule has 2 rings (SSSR count). The summed E-state index contributed by atoms with van der Waals surface area (Å²) in [6, 6.07) is 10.6. The summed E-state index contributed by atoms with van der Waals surface area (Å²) in [6.45, 7) is -0.0618. The van der Waals surface area contributed by atoms with Crippen molar-refractivity contribution in [3.05, 3.63) is 64.4 Å². The van der Waals surface area contributed by atoms with Crippen molar-refractivity contribution in [2.45, 2.75) is 12.3 Å². The Kier molecular flexibility index (Phi) is 5.39. The topological polar surface area (TPSA) is 55.4 Å². The van der Waals surface area contributed by atoms with Gasteiger partial charge < -0.3 is 4.74 Å². The lowest BCUT2D eigenvalue weighted by molar-refractivity contribution is 0.407. The van der Waals surface area contributed by atoms with E-state index in [4.69, 9.17) is 16.3 Å². The van der Waals surface area contributed by atoms with Crippen LogP contribution in [0.4, 0.5) is 4.39 Å². The second kappa shape index (κ2) is 7.09. The first-order valence-corrected chi connectivity index (χ1v) is 8.47. The molecule has 0 fully saturated rings. The van der Waals surface area contributed by atoms with Crippen molar-refractivity contribution in [1.82, 2.24) is 4.72 Å². The standard InChI is InChI=1S/C15H15ClFNO3S/c1-21-15-7-6-13(17)8-12(15)9-18-22(19,20)10-11-4-2-3-5-14(11)16/h2-8,18H,9-10H2,1H3. The van der Waals surface area contributed by atoms with E-state index >= 15 is 0 Å². The first-order chi connectivity index (χ1) is 10.4. The summed E-state index contributed by atoms with van der Waals surface area (Å²) >= 11 is 5.95. The van der Waals surface area contributed by atoms with Crippen molar-refractivity contribution >= 4 is 21.6 Å². The van der Waals surface area contributed by atoms with Crippen LogP contribution < -0.4 is 9.46 Å². The number of rotatable bonds is 6. The Hall–Kier alpha value is -1.63. The van der Waals surface area contributed by atoms with E-state index in [9.17, 15) is 12.8 Å². The van der Waals surface area contributed by atoms with Crippen molar-refractivity contribution in [3.63, 3.8) is 0 Å². The van der Waals surface area contributed by atoms with Crippen LogP contribution in [-0.4, -0.2) is 15.5 Å². The van der Waals surface area contributed by atoms with E-state index in [0.29, 0.717) is 21.9 Å². The fraction of sp³-hybridized carbons (Fsp3) is 0.200. The smallest absolute Gasteiger partial charge is 0.216 e. The van der Waals surface area contributed by atoms with Crippen LogP contribution >= 0.6 is 11.6 Å². The van der Waals surface area contributed by atoms with Gasteiger partial charge in [-0.15, -0.1) is 0 Å². The summed E-state index contributed by atoms with van der Waals surface area (Å²) in [6.07, 6.45) is 0. The second-order valence-corrected chi connectivity index (χ2v) is 6.84. The quantitative estimate of drug-likeness (QED) is 0.876. The molecular formula is C15H15ClFNO3S. The highest BCUT2D eigenvalue weighted by atomic mass is 35.5. The Labute approximate surface area is 133 Å². The molecule has 0 aromatic heterocycles. The van der Waals surface area contributed by atoms with Gasteiger partial charge in [0.2, 0.25) is 10.0 Å². The molecule has 0 bridgehead atoms. The lowest BCUT2D eigenvalue weighted by atomic mass is 10.2. The molecule has 4 nitrogen and oxygen atoms in total. The monoisotopic (exact) mass is 343 g/mol. The summed E-state index contributed by atoms with van der Waals surface area (Å²) in [5.74, 6) is -0.285. The van der Waals surface area contributed by atoms with Crippen LogP contribution in [0, 0.1) is 5.82 Å². The van der Waals surface area contributed by atoms with Gasteiger partial charge in [0, 0.05) is 17.1 Å². The van der Waals surface area contributed by atoms with E-state index in [1.807, 2.05) is 0 Å². The van der Waals surface area contributed by atoms with Crippen LogP contribution in [0.15, 0.2) is 42.5 Å². The first-order valence-electron chi connectivity index (χ1n) is 6.44. The maximum Gasteiger partial charge on any atom is 0.216 e. The van der Waals surface area contributed by atoms with Gasteiger partial charge in [0.15, 0.2) is 0 Å². The fourth-order valence-electron chi connectivity index (χ4n) is 1.94. The summed E-state index contributed by atoms with van der Waals surface area (Å²) in [4.78, 5) is 0. The van der Waals surface area contributed by atoms with Crippen LogP contribution in [0.3, 0.4) is 0 Å². The van der Waals surface area contributed by atoms with Gasteiger partial charge in [0.1, 0.15) is 11.6 Å². The number of benzene rings is 2. The minimum Gasteiger partial charge on any atom is -0.496 e. The van der Waals surface area contributed by atoms with Crippen LogP contribution in [0.1, 0.15) is 11.1 Å². The summed E-state index contributed by atoms with van der Waals surface area (Å²) < 4.78 is 45.0. The van der Waals surface area contributed by atoms with Crippen LogP contribution in [-0.2, 0) is 22.3 Å². The number of nitrogens with one attached hydrogen (secondary N) is 1. The molecule has 0 spiro atoms. The maximum absolute atomic E-state index is 13.3. The van der Waals surface area contributed by atoms with Crippen LogP contribution in [0.5, 0.6) is 5.75 Å². The third kappa shape index (κ3) is 4.43. The zero-order chi connectivity index (χ0) is 16.2. The SMILES string of the molecule is COc1ccc(F)cc1CNS(=O)(=O)Cc1ccccc1Cl. The summed E-state index contributed by atoms with van der Waals surface area (Å²) in [7, 11) is -2.17. The minimum absolute atomic E-state index is 0.0618. The molecule has 0 radical (unpaired) electrons. The van der Waals surface area contributed by atoms with E-state index in [1.165, 1.54) is 25.3 Å². The van der Waals surface area contributed by atoms with Crippen molar-refractivity contribution in [2.24, 2.45) is 0 Å². The third-order valence-corrected chi connectivity index (χ3v) is 4.67. The Morgan fingerprint density at radius 2 is 1.91 bits per heavy atom. The van der Waals surface area contributed by atoms with Crippen LogP contribution in [0.25, 0.3) is 0 Å². The van der Waals surface area contributed by atoms with Gasteiger partial charge in [-0.3, -0.25) is 0 Å². The number of sulfonamides is 1. The average molecular weight is 344 g/mol. The Bertz CT molecular complexity index is 765. The van der Waals surface area contributed by atoms with Crippen molar-refractivity contribution < 1.29 is 17.5 Å². The molecule has 1 N–H and O–H groups in total. The van der Waals surface area contributed by atoms with E-state index in [2.05, 4.69) is 4.72 Å². The van der Waals surface area contributed by atoms with Crippen molar-refractivity contribution in [1.29, 1.82) is 0 Å². The highest BCUT2D eigenvalue weighted by Gasteiger charge is 2.15. The molecule has 0 unspecified atom stereocenters. The lowest BCUT2D eigenvalue weighted by Gasteiger charge is -2.11. The molecular weight excluding hydrogens is 329 g/mol. The second-order valence-electron chi connectivity index (χ2n) is 4.63. The Balaban J connectivity index is 2.10. The average Bonchev–Trinajstić information content (AvgIpc) is 2.48. The molecule has 0 saturated heterocycles. The Morgan fingerprint density at radius 1 is 1.18 bits per heavy atom. The van der Waals surface area contributed by atoms with E-state index < -0.39 is 15.8 Å². The normalized spacial score (nSPS) is 11.4. The van der Waals surface area contributed by atoms with Gasteiger partial charge in [0.05, 0.1) is 12.9 Å². The molecule has 0 aliphatic rings. The van der Waals surface area contributed by atoms with Gasteiger partial charge in [-0.25, -0.2) is 17.5 Å². The zero-order valence-corrected chi connectivity index (χ0v) is 13.4. The van der Waals surface area contributed by atoms with Gasteiger partial charge in [0.25, 0.3) is 0 Å². The highest BCUT2D eigenvalue weighted by Crippen LogP contribution is 2.20. The molecule has 118 valence electrons. The molecule has 0 heterocycles. The Morgan fingerprint density at radius 3 is 2.59 bits per heavy atom. The predicted molar refractivity (Wildman–Crippen MR) is 83.9 cm³/mol. The van der Waals surface area contributed by atoms with E-state index in [0.717, 1.165) is 0 Å². The maximum atomic E-state index is 13.3. The number of hydrogen-bond acceptors (Lipinski definition) is 3. The van der Waals surface area contributed by atoms with Crippen molar-refractivity contribution in [2.75, 3.05) is 7.11 Å². The van der Waals surface area contributed by atoms with E-state index in [1.54, 1.807) is 24.3 Å². The number of methoxy groups -OCH3 is 1. The third-order valence-electron chi connectivity index (χ3n) is 3.03. The number of ether oxygens (including phenoxy) is 1. The number of halogens is 2. The fourth-order valence-corrected chi connectivity index (χ4v) is 3.36. The zero-order valence-electron chi connectivity index (χ0n) is 11.8. The first kappa shape index (κ1) is 16.7. The molecule has 22 heavy (non-hydrogen) atoms. The largest absolute Gasteiger partial charge is 0.496 e. The van der Waals surface area contributed by atoms with Gasteiger partial charge in [-0.2, -0.15) is 0 Å². The van der Waals surface area contributed by atoms with Crippen molar-refractivity contribution in [3.8, 4) is 5.75 Å². The minimum atomic E-state index is -3.61. The molecule has 0 amide bonds. The summed E-state index contributed by atoms with van der Waals surface area (Å²) in [5.41, 5.74) is 0.924. The molecule has 2 aromatic rings. The molecule has 0 aliphatic heterocycles.